The van der Waals surface area contributed by atoms with E-state index in [1.165, 1.54) is 0 Å². The molecule has 0 amide bonds. The number of aryl methyl sites for hydroxylation is 2. The van der Waals surface area contributed by atoms with E-state index in [0.29, 0.717) is 54.7 Å². The summed E-state index contributed by atoms with van der Waals surface area (Å²) in [6, 6.07) is 8.03. The fraction of sp³-hybridized carbons (Fsp3) is 0.559. The summed E-state index contributed by atoms with van der Waals surface area (Å²) in [7, 11) is 0. The third-order valence-electron chi connectivity index (χ3n) is 8.15. The Morgan fingerprint density at radius 3 is 2.59 bits per heavy atom. The zero-order chi connectivity index (χ0) is 31.6. The normalized spacial score (nSPS) is 22.5. The standard InChI is InChI=1S/C34H46N4O6/c1-22-11-12-27-25(18-22)20-41-21-26-19-28-35-24(3)29(30(32(39)40)44-33(4,5)6)31(38(28)36-26)37-15-13-34(7,14-16-37)42-17-9-8-10-23(2)43-27/h8-9,11-12,18-19,23,30H,10,13-17,20-21H2,1-7H3,(H,39,40)/t23-,30-/m0/s1. The molecule has 0 radical (unpaired) electrons. The van der Waals surface area contributed by atoms with Gasteiger partial charge in [-0.1, -0.05) is 29.8 Å². The van der Waals surface area contributed by atoms with Crippen molar-refractivity contribution >= 4 is 17.4 Å². The lowest BCUT2D eigenvalue weighted by Crippen LogP contribution is -2.45. The number of anilines is 1. The number of benzene rings is 1. The monoisotopic (exact) mass is 606 g/mol. The van der Waals surface area contributed by atoms with E-state index in [4.69, 9.17) is 29.0 Å². The number of rotatable bonds is 3. The van der Waals surface area contributed by atoms with E-state index in [2.05, 4.69) is 43.9 Å². The van der Waals surface area contributed by atoms with Crippen molar-refractivity contribution in [2.24, 2.45) is 0 Å². The summed E-state index contributed by atoms with van der Waals surface area (Å²) in [5.74, 6) is 0.428. The minimum absolute atomic E-state index is 0.00520. The van der Waals surface area contributed by atoms with E-state index in [0.717, 1.165) is 36.1 Å². The van der Waals surface area contributed by atoms with E-state index in [-0.39, 0.29) is 18.3 Å². The van der Waals surface area contributed by atoms with Crippen LogP contribution in [0.15, 0.2) is 36.4 Å². The quantitative estimate of drug-likeness (QED) is 0.354. The Labute approximate surface area is 260 Å². The Bertz CT molecular complexity index is 1520. The van der Waals surface area contributed by atoms with Crippen LogP contribution in [-0.2, 0) is 32.2 Å². The SMILES string of the molecule is Cc1ccc2c(c1)COCc1cc3nc(C)c([C@H](OC(C)(C)C)C(=O)O)c(n3n1)N1CCC(C)(CC1)OCC=CC[C@H](C)O2. The summed E-state index contributed by atoms with van der Waals surface area (Å²) in [4.78, 5) is 19.7. The highest BCUT2D eigenvalue weighted by Gasteiger charge is 2.37. The number of carboxylic acid groups (broad SMARTS) is 1. The van der Waals surface area contributed by atoms with Crippen LogP contribution in [0.2, 0.25) is 0 Å². The fourth-order valence-electron chi connectivity index (χ4n) is 5.84. The van der Waals surface area contributed by atoms with Gasteiger partial charge in [-0.25, -0.2) is 9.78 Å². The molecule has 3 aromatic rings. The summed E-state index contributed by atoms with van der Waals surface area (Å²) in [5.41, 5.74) is 3.55. The van der Waals surface area contributed by atoms with Gasteiger partial charge in [-0.2, -0.15) is 9.61 Å². The van der Waals surface area contributed by atoms with Gasteiger partial charge < -0.3 is 29.0 Å². The summed E-state index contributed by atoms with van der Waals surface area (Å²) in [5, 5.41) is 15.3. The van der Waals surface area contributed by atoms with Crippen LogP contribution in [0, 0.1) is 13.8 Å². The maximum absolute atomic E-state index is 12.7. The van der Waals surface area contributed by atoms with Gasteiger partial charge in [0.2, 0.25) is 0 Å². The number of aromatic nitrogens is 3. The first-order valence-electron chi connectivity index (χ1n) is 15.5. The van der Waals surface area contributed by atoms with Gasteiger partial charge in [0, 0.05) is 36.8 Å². The molecule has 10 heteroatoms. The van der Waals surface area contributed by atoms with Gasteiger partial charge in [-0.3, -0.25) is 0 Å². The molecule has 1 aromatic carbocycles. The number of ether oxygens (including phenoxy) is 4. The molecule has 44 heavy (non-hydrogen) atoms. The molecule has 3 aliphatic heterocycles. The van der Waals surface area contributed by atoms with Crippen molar-refractivity contribution in [2.75, 3.05) is 24.6 Å². The van der Waals surface area contributed by atoms with Crippen molar-refractivity contribution in [3.8, 4) is 5.75 Å². The van der Waals surface area contributed by atoms with Crippen LogP contribution in [0.3, 0.4) is 0 Å². The first-order valence-corrected chi connectivity index (χ1v) is 15.5. The lowest BCUT2D eigenvalue weighted by Gasteiger charge is -2.41. The molecule has 10 nitrogen and oxygen atoms in total. The molecule has 1 saturated heterocycles. The van der Waals surface area contributed by atoms with Gasteiger partial charge in [0.25, 0.3) is 0 Å². The van der Waals surface area contributed by atoms with Crippen molar-refractivity contribution < 1.29 is 28.8 Å². The minimum Gasteiger partial charge on any atom is -0.490 e. The first kappa shape index (κ1) is 31.9. The molecule has 0 aliphatic carbocycles. The predicted molar refractivity (Wildman–Crippen MR) is 168 cm³/mol. The molecule has 5 heterocycles. The molecule has 3 aliphatic rings. The Morgan fingerprint density at radius 1 is 1.14 bits per heavy atom. The maximum Gasteiger partial charge on any atom is 0.337 e. The van der Waals surface area contributed by atoms with Crippen LogP contribution < -0.4 is 9.64 Å². The lowest BCUT2D eigenvalue weighted by molar-refractivity contribution is -0.160. The highest BCUT2D eigenvalue weighted by Crippen LogP contribution is 2.38. The van der Waals surface area contributed by atoms with Gasteiger partial charge in [0.05, 0.1) is 48.4 Å². The van der Waals surface area contributed by atoms with Gasteiger partial charge in [-0.15, -0.1) is 0 Å². The van der Waals surface area contributed by atoms with Crippen LogP contribution in [0.4, 0.5) is 5.82 Å². The number of aliphatic carboxylic acids is 1. The Morgan fingerprint density at radius 2 is 1.89 bits per heavy atom. The van der Waals surface area contributed by atoms with E-state index >= 15 is 0 Å². The highest BCUT2D eigenvalue weighted by atomic mass is 16.5. The summed E-state index contributed by atoms with van der Waals surface area (Å²) < 4.78 is 26.8. The van der Waals surface area contributed by atoms with E-state index < -0.39 is 17.7 Å². The molecule has 0 spiro atoms. The van der Waals surface area contributed by atoms with Crippen LogP contribution in [0.25, 0.3) is 5.65 Å². The Hall–Kier alpha value is -3.47. The van der Waals surface area contributed by atoms with Crippen molar-refractivity contribution in [2.45, 2.75) is 104 Å². The van der Waals surface area contributed by atoms with Crippen LogP contribution in [0.5, 0.6) is 5.75 Å². The first-order chi connectivity index (χ1) is 20.8. The summed E-state index contributed by atoms with van der Waals surface area (Å²) in [6.07, 6.45) is 5.27. The molecule has 2 aromatic heterocycles. The molecular weight excluding hydrogens is 560 g/mol. The highest BCUT2D eigenvalue weighted by molar-refractivity contribution is 5.78. The summed E-state index contributed by atoms with van der Waals surface area (Å²) in [6.45, 7) is 16.1. The fourth-order valence-corrected chi connectivity index (χ4v) is 5.84. The Kier molecular flexibility index (Phi) is 9.34. The number of nitrogens with zero attached hydrogens (tertiary/aromatic N) is 4. The van der Waals surface area contributed by atoms with Crippen LogP contribution >= 0.6 is 0 Å². The second-order valence-electron chi connectivity index (χ2n) is 13.3. The average Bonchev–Trinajstić information content (AvgIpc) is 3.34. The smallest absolute Gasteiger partial charge is 0.337 e. The number of hydrogen-bond acceptors (Lipinski definition) is 8. The third kappa shape index (κ3) is 7.42. The average molecular weight is 607 g/mol. The molecule has 1 fully saturated rings. The number of piperidine rings is 1. The number of carboxylic acids is 1. The molecule has 1 N–H and O–H groups in total. The van der Waals surface area contributed by atoms with Crippen LogP contribution in [0.1, 0.15) is 88.1 Å². The maximum atomic E-state index is 12.7. The molecule has 2 atom stereocenters. The minimum atomic E-state index is -1.21. The lowest BCUT2D eigenvalue weighted by atomic mass is 9.92. The van der Waals surface area contributed by atoms with E-state index in [9.17, 15) is 9.90 Å². The molecule has 4 bridgehead atoms. The molecule has 6 rings (SSSR count). The molecular formula is C34H46N4O6. The zero-order valence-electron chi connectivity index (χ0n) is 27.1. The van der Waals surface area contributed by atoms with Gasteiger partial charge >= 0.3 is 5.97 Å². The van der Waals surface area contributed by atoms with Crippen molar-refractivity contribution in [3.63, 3.8) is 0 Å². The van der Waals surface area contributed by atoms with Gasteiger partial charge in [-0.05, 0) is 67.4 Å². The topological polar surface area (TPSA) is 108 Å². The molecule has 0 unspecified atom stereocenters. The van der Waals surface area contributed by atoms with Crippen molar-refractivity contribution in [1.82, 2.24) is 14.6 Å². The second kappa shape index (κ2) is 12.9. The molecule has 238 valence electrons. The van der Waals surface area contributed by atoms with E-state index in [1.54, 1.807) is 4.52 Å². The second-order valence-corrected chi connectivity index (χ2v) is 13.3. The summed E-state index contributed by atoms with van der Waals surface area (Å²) >= 11 is 0. The van der Waals surface area contributed by atoms with Crippen LogP contribution in [-0.4, -0.2) is 62.7 Å². The van der Waals surface area contributed by atoms with Gasteiger partial charge in [0.1, 0.15) is 11.6 Å². The Balaban J connectivity index is 1.57. The predicted octanol–water partition coefficient (Wildman–Crippen LogP) is 6.11. The third-order valence-corrected chi connectivity index (χ3v) is 8.15. The largest absolute Gasteiger partial charge is 0.490 e. The van der Waals surface area contributed by atoms with Crippen molar-refractivity contribution in [3.05, 3.63) is 64.5 Å². The molecule has 0 saturated carbocycles. The number of fused-ring (bicyclic) bond motifs is 9. The number of hydrogen-bond donors (Lipinski definition) is 1. The zero-order valence-corrected chi connectivity index (χ0v) is 27.1. The number of carbonyl (C=O) groups is 1. The van der Waals surface area contributed by atoms with Crippen molar-refractivity contribution in [1.29, 1.82) is 0 Å². The van der Waals surface area contributed by atoms with Gasteiger partial charge in [0.15, 0.2) is 11.8 Å². The van der Waals surface area contributed by atoms with E-state index in [1.807, 2.05) is 45.9 Å².